The van der Waals surface area contributed by atoms with Crippen LogP contribution in [-0.2, 0) is 12.8 Å². The molecule has 0 bridgehead atoms. The molecule has 0 aliphatic carbocycles. The van der Waals surface area contributed by atoms with Crippen LogP contribution in [-0.4, -0.2) is 11.6 Å². The smallest absolute Gasteiger partial charge is 0.202 e. The van der Waals surface area contributed by atoms with Crippen LogP contribution in [0.25, 0.3) is 10.4 Å². The first-order valence-electron chi connectivity index (χ1n) is 14.1. The van der Waals surface area contributed by atoms with Gasteiger partial charge in [0.25, 0.3) is 0 Å². The molecule has 4 heteroatoms. The zero-order valence-corrected chi connectivity index (χ0v) is 24.3. The molecule has 0 radical (unpaired) electrons. The van der Waals surface area contributed by atoms with Crippen LogP contribution in [0.15, 0.2) is 72.1 Å². The van der Waals surface area contributed by atoms with E-state index in [0.717, 1.165) is 17.7 Å². The molecule has 0 atom stereocenters. The molecule has 0 N–H and O–H groups in total. The maximum atomic E-state index is 13.3. The second kappa shape index (κ2) is 14.4. The lowest BCUT2D eigenvalue weighted by Crippen LogP contribution is -2.02. The Kier molecular flexibility index (Phi) is 10.7. The lowest BCUT2D eigenvalue weighted by atomic mass is 9.95. The van der Waals surface area contributed by atoms with Crippen molar-refractivity contribution in [3.8, 4) is 10.4 Å². The predicted octanol–water partition coefficient (Wildman–Crippen LogP) is 10.2. The number of aryl methyl sites for hydroxylation is 2. The zero-order chi connectivity index (χ0) is 26.7. The molecule has 0 aliphatic heterocycles. The van der Waals surface area contributed by atoms with E-state index in [0.29, 0.717) is 16.0 Å². The number of carbonyl (C=O) groups is 2. The predicted molar refractivity (Wildman–Crippen MR) is 163 cm³/mol. The summed E-state index contributed by atoms with van der Waals surface area (Å²) in [7, 11) is 0. The van der Waals surface area contributed by atoms with Gasteiger partial charge >= 0.3 is 0 Å². The number of unbranched alkanes of at least 4 members (excludes halogenated alkanes) is 6. The Morgan fingerprint density at radius 1 is 0.658 bits per heavy atom. The maximum Gasteiger partial charge on any atom is 0.202 e. The minimum atomic E-state index is -0.00143. The van der Waals surface area contributed by atoms with Gasteiger partial charge in [-0.05, 0) is 66.0 Å². The number of benzene rings is 2. The third-order valence-electron chi connectivity index (χ3n) is 7.04. The standard InChI is InChI=1S/C34H38O2S2/c1-3-5-7-9-12-25-15-16-26(13-10-8-6-4-2)29(24-25)30-21-22-32(38-30)34(36)28-19-17-27(18-20-28)33(35)31-14-11-23-37-31/h11,14-24H,3-10,12-13H2,1-2H3. The Bertz CT molecular complexity index is 1310. The van der Waals surface area contributed by atoms with Gasteiger partial charge < -0.3 is 0 Å². The SMILES string of the molecule is CCCCCCc1ccc(CCCCCC)c(-c2ccc(C(=O)c3ccc(C(=O)c4cccs4)cc3)s2)c1. The van der Waals surface area contributed by atoms with Crippen molar-refractivity contribution in [2.45, 2.75) is 78.1 Å². The second-order valence-electron chi connectivity index (χ2n) is 9.99. The summed E-state index contributed by atoms with van der Waals surface area (Å²) in [4.78, 5) is 28.6. The van der Waals surface area contributed by atoms with Gasteiger partial charge in [-0.15, -0.1) is 22.7 Å². The molecule has 0 spiro atoms. The quantitative estimate of drug-likeness (QED) is 0.111. The lowest BCUT2D eigenvalue weighted by molar-refractivity contribution is 0.103. The average Bonchev–Trinajstić information content (AvgIpc) is 3.66. The fourth-order valence-electron chi connectivity index (χ4n) is 4.79. The van der Waals surface area contributed by atoms with Crippen molar-refractivity contribution in [3.63, 3.8) is 0 Å². The molecule has 4 rings (SSSR count). The van der Waals surface area contributed by atoms with Gasteiger partial charge in [-0.1, -0.05) is 101 Å². The highest BCUT2D eigenvalue weighted by Gasteiger charge is 2.16. The van der Waals surface area contributed by atoms with Crippen molar-refractivity contribution in [3.05, 3.63) is 104 Å². The van der Waals surface area contributed by atoms with E-state index < -0.39 is 0 Å². The van der Waals surface area contributed by atoms with Crippen molar-refractivity contribution in [1.29, 1.82) is 0 Å². The van der Waals surface area contributed by atoms with Gasteiger partial charge in [-0.3, -0.25) is 9.59 Å². The van der Waals surface area contributed by atoms with Crippen molar-refractivity contribution in [2.75, 3.05) is 0 Å². The number of thiophene rings is 2. The molecule has 198 valence electrons. The Labute approximate surface area is 235 Å². The first kappa shape index (κ1) is 28.2. The van der Waals surface area contributed by atoms with Crippen LogP contribution in [0.1, 0.15) is 107 Å². The Hall–Kier alpha value is -2.82. The number of carbonyl (C=O) groups excluding carboxylic acids is 2. The lowest BCUT2D eigenvalue weighted by Gasteiger charge is -2.11. The molecule has 2 aromatic carbocycles. The molecule has 2 aromatic heterocycles. The van der Waals surface area contributed by atoms with Crippen LogP contribution in [0.2, 0.25) is 0 Å². The van der Waals surface area contributed by atoms with Crippen molar-refractivity contribution in [2.24, 2.45) is 0 Å². The Morgan fingerprint density at radius 3 is 1.95 bits per heavy atom. The molecule has 2 heterocycles. The average molecular weight is 543 g/mol. The summed E-state index contributed by atoms with van der Waals surface area (Å²) in [5.74, 6) is 0.00930. The van der Waals surface area contributed by atoms with Crippen molar-refractivity contribution < 1.29 is 9.59 Å². The summed E-state index contributed by atoms with van der Waals surface area (Å²) in [6.07, 6.45) is 12.2. The summed E-state index contributed by atoms with van der Waals surface area (Å²) < 4.78 is 0. The fraction of sp³-hybridized carbons (Fsp3) is 0.353. The highest BCUT2D eigenvalue weighted by atomic mass is 32.1. The fourth-order valence-corrected chi connectivity index (χ4v) is 6.50. The van der Waals surface area contributed by atoms with E-state index in [1.807, 2.05) is 23.6 Å². The van der Waals surface area contributed by atoms with Crippen LogP contribution in [0.5, 0.6) is 0 Å². The minimum absolute atomic E-state index is 0.00143. The summed E-state index contributed by atoms with van der Waals surface area (Å²) in [5, 5.41) is 1.90. The van der Waals surface area contributed by atoms with Gasteiger partial charge in [-0.25, -0.2) is 0 Å². The van der Waals surface area contributed by atoms with Crippen LogP contribution >= 0.6 is 22.7 Å². The molecule has 0 saturated heterocycles. The minimum Gasteiger partial charge on any atom is -0.288 e. The molecule has 0 amide bonds. The monoisotopic (exact) mass is 542 g/mol. The third kappa shape index (κ3) is 7.39. The molecule has 0 fully saturated rings. The van der Waals surface area contributed by atoms with E-state index in [4.69, 9.17) is 0 Å². The van der Waals surface area contributed by atoms with E-state index in [9.17, 15) is 9.59 Å². The van der Waals surface area contributed by atoms with Crippen LogP contribution in [0, 0.1) is 0 Å². The molecular formula is C34H38O2S2. The summed E-state index contributed by atoms with van der Waals surface area (Å²) in [5.41, 5.74) is 5.29. The Morgan fingerprint density at radius 2 is 1.32 bits per heavy atom. The summed E-state index contributed by atoms with van der Waals surface area (Å²) in [6.45, 7) is 4.50. The van der Waals surface area contributed by atoms with Gasteiger partial charge in [0.1, 0.15) is 0 Å². The van der Waals surface area contributed by atoms with Gasteiger partial charge in [0.2, 0.25) is 11.6 Å². The summed E-state index contributed by atoms with van der Waals surface area (Å²) >= 11 is 3.02. The van der Waals surface area contributed by atoms with Gasteiger partial charge in [0.15, 0.2) is 0 Å². The van der Waals surface area contributed by atoms with E-state index in [2.05, 4.69) is 38.1 Å². The topological polar surface area (TPSA) is 34.1 Å². The molecule has 0 saturated carbocycles. The second-order valence-corrected chi connectivity index (χ2v) is 12.0. The highest BCUT2D eigenvalue weighted by Crippen LogP contribution is 2.34. The Balaban J connectivity index is 1.52. The number of ketones is 2. The van der Waals surface area contributed by atoms with Gasteiger partial charge in [0, 0.05) is 16.0 Å². The molecule has 0 unspecified atom stereocenters. The first-order valence-corrected chi connectivity index (χ1v) is 15.7. The third-order valence-corrected chi connectivity index (χ3v) is 9.03. The number of rotatable bonds is 15. The van der Waals surface area contributed by atoms with Gasteiger partial charge in [0.05, 0.1) is 9.75 Å². The van der Waals surface area contributed by atoms with Crippen LogP contribution in [0.4, 0.5) is 0 Å². The van der Waals surface area contributed by atoms with E-state index in [1.54, 1.807) is 35.6 Å². The molecule has 0 aliphatic rings. The van der Waals surface area contributed by atoms with Crippen molar-refractivity contribution >= 4 is 34.2 Å². The number of hydrogen-bond acceptors (Lipinski definition) is 4. The maximum absolute atomic E-state index is 13.3. The largest absolute Gasteiger partial charge is 0.288 e. The van der Waals surface area contributed by atoms with Crippen LogP contribution < -0.4 is 0 Å². The van der Waals surface area contributed by atoms with E-state index in [1.165, 1.54) is 84.3 Å². The molecule has 4 aromatic rings. The molecule has 38 heavy (non-hydrogen) atoms. The highest BCUT2D eigenvalue weighted by molar-refractivity contribution is 7.17. The van der Waals surface area contributed by atoms with E-state index >= 15 is 0 Å². The van der Waals surface area contributed by atoms with E-state index in [-0.39, 0.29) is 11.6 Å². The van der Waals surface area contributed by atoms with Crippen LogP contribution in [0.3, 0.4) is 0 Å². The molecular weight excluding hydrogens is 505 g/mol. The normalized spacial score (nSPS) is 11.1. The molecule has 2 nitrogen and oxygen atoms in total. The summed E-state index contributed by atoms with van der Waals surface area (Å²) in [6, 6.07) is 21.9. The first-order chi connectivity index (χ1) is 18.6. The van der Waals surface area contributed by atoms with Crippen molar-refractivity contribution in [1.82, 2.24) is 0 Å². The zero-order valence-electron chi connectivity index (χ0n) is 22.6. The number of hydrogen-bond donors (Lipinski definition) is 0. The van der Waals surface area contributed by atoms with Gasteiger partial charge in [-0.2, -0.15) is 0 Å².